The Morgan fingerprint density at radius 3 is 1.12 bits per heavy atom. The first-order valence-corrected chi connectivity index (χ1v) is 6.86. The molecule has 2 nitrogen and oxygen atoms in total. The minimum Gasteiger partial charge on any atom is -0.330 e. The molecule has 16 heavy (non-hydrogen) atoms. The molecule has 0 heterocycles. The predicted octanol–water partition coefficient (Wildman–Crippen LogP) is 3.22. The highest BCUT2D eigenvalue weighted by Crippen LogP contribution is 2.18. The Morgan fingerprint density at radius 2 is 1.12 bits per heavy atom. The van der Waals surface area contributed by atoms with Crippen molar-refractivity contribution in [3.8, 4) is 0 Å². The zero-order valence-corrected chi connectivity index (χ0v) is 12.6. The number of nitrogens with zero attached hydrogens (tertiary/aromatic N) is 1. The summed E-state index contributed by atoms with van der Waals surface area (Å²) in [4.78, 5) is 2.38. The lowest BCUT2D eigenvalue weighted by Crippen LogP contribution is -2.24. The van der Waals surface area contributed by atoms with Gasteiger partial charge in [-0.1, -0.05) is 48.5 Å². The Balaban J connectivity index is 0. The molecular weight excluding hydrogens is 196 g/mol. The summed E-state index contributed by atoms with van der Waals surface area (Å²) in [5.41, 5.74) is 5.57. The molecule has 0 spiro atoms. The van der Waals surface area contributed by atoms with Gasteiger partial charge in [0, 0.05) is 0 Å². The van der Waals surface area contributed by atoms with Crippen LogP contribution in [-0.2, 0) is 0 Å². The van der Waals surface area contributed by atoms with Crippen molar-refractivity contribution in [1.82, 2.24) is 4.90 Å². The first-order chi connectivity index (χ1) is 7.44. The van der Waals surface area contributed by atoms with E-state index in [9.17, 15) is 0 Å². The molecule has 0 aromatic rings. The maximum Gasteiger partial charge on any atom is -0.00440 e. The molecule has 0 atom stereocenters. The van der Waals surface area contributed by atoms with Crippen molar-refractivity contribution in [2.45, 2.75) is 48.5 Å². The van der Waals surface area contributed by atoms with Crippen molar-refractivity contribution < 1.29 is 0 Å². The average Bonchev–Trinajstić information content (AvgIpc) is 2.21. The molecule has 2 heteroatoms. The monoisotopic (exact) mass is 230 g/mol. The summed E-state index contributed by atoms with van der Waals surface area (Å²) < 4.78 is 0. The van der Waals surface area contributed by atoms with Gasteiger partial charge in [-0.3, -0.25) is 0 Å². The highest BCUT2D eigenvalue weighted by Gasteiger charge is 2.14. The lowest BCUT2D eigenvalue weighted by atomic mass is 9.86. The SMILES string of the molecule is CC(C)C(CN)C(C)C.CCN(CC)CC. The van der Waals surface area contributed by atoms with Crippen LogP contribution in [0.3, 0.4) is 0 Å². The summed E-state index contributed by atoms with van der Waals surface area (Å²) in [6.45, 7) is 19.9. The molecule has 0 aliphatic carbocycles. The van der Waals surface area contributed by atoms with Gasteiger partial charge in [-0.05, 0) is 43.9 Å². The van der Waals surface area contributed by atoms with E-state index in [-0.39, 0.29) is 0 Å². The van der Waals surface area contributed by atoms with Crippen molar-refractivity contribution >= 4 is 0 Å². The Labute approximate surface area is 104 Å². The smallest absolute Gasteiger partial charge is 0.00440 e. The molecule has 0 saturated carbocycles. The van der Waals surface area contributed by atoms with Gasteiger partial charge in [0.15, 0.2) is 0 Å². The molecule has 0 unspecified atom stereocenters. The second kappa shape index (κ2) is 11.4. The maximum absolute atomic E-state index is 5.57. The van der Waals surface area contributed by atoms with E-state index in [0.29, 0.717) is 5.92 Å². The summed E-state index contributed by atoms with van der Waals surface area (Å²) in [7, 11) is 0. The minimum absolute atomic E-state index is 0.699. The molecule has 0 bridgehead atoms. The third kappa shape index (κ3) is 9.17. The van der Waals surface area contributed by atoms with Gasteiger partial charge in [0.2, 0.25) is 0 Å². The van der Waals surface area contributed by atoms with Gasteiger partial charge >= 0.3 is 0 Å². The fraction of sp³-hybridized carbons (Fsp3) is 1.00. The molecule has 0 fully saturated rings. The van der Waals surface area contributed by atoms with E-state index >= 15 is 0 Å². The van der Waals surface area contributed by atoms with Crippen LogP contribution in [0.1, 0.15) is 48.5 Å². The molecule has 0 aromatic heterocycles. The summed E-state index contributed by atoms with van der Waals surface area (Å²) in [5, 5.41) is 0. The Hall–Kier alpha value is -0.0800. The van der Waals surface area contributed by atoms with Crippen LogP contribution in [0.15, 0.2) is 0 Å². The standard InChI is InChI=1S/C8H19N.C6H15N/c1-6(2)8(5-9)7(3)4;1-4-7(5-2)6-3/h6-8H,5,9H2,1-4H3;4-6H2,1-3H3. The highest BCUT2D eigenvalue weighted by molar-refractivity contribution is 4.66. The van der Waals surface area contributed by atoms with E-state index < -0.39 is 0 Å². The number of hydrogen-bond donors (Lipinski definition) is 1. The van der Waals surface area contributed by atoms with E-state index in [4.69, 9.17) is 5.73 Å². The average molecular weight is 230 g/mol. The summed E-state index contributed by atoms with van der Waals surface area (Å²) in [5.74, 6) is 2.16. The van der Waals surface area contributed by atoms with Crippen LogP contribution in [0.4, 0.5) is 0 Å². The molecular formula is C14H34N2. The normalized spacial score (nSPS) is 11.2. The molecule has 0 aromatic carbocycles. The van der Waals surface area contributed by atoms with Crippen LogP contribution in [0.2, 0.25) is 0 Å². The number of rotatable bonds is 6. The van der Waals surface area contributed by atoms with Crippen molar-refractivity contribution in [2.75, 3.05) is 26.2 Å². The summed E-state index contributed by atoms with van der Waals surface area (Å²) in [6.07, 6.45) is 0. The van der Waals surface area contributed by atoms with Gasteiger partial charge in [-0.25, -0.2) is 0 Å². The Morgan fingerprint density at radius 1 is 0.812 bits per heavy atom. The molecule has 0 radical (unpaired) electrons. The van der Waals surface area contributed by atoms with Crippen molar-refractivity contribution in [1.29, 1.82) is 0 Å². The summed E-state index contributed by atoms with van der Waals surface area (Å²) >= 11 is 0. The first-order valence-electron chi connectivity index (χ1n) is 6.86. The van der Waals surface area contributed by atoms with Gasteiger partial charge < -0.3 is 10.6 Å². The second-order valence-electron chi connectivity index (χ2n) is 5.01. The van der Waals surface area contributed by atoms with Crippen LogP contribution < -0.4 is 5.73 Å². The van der Waals surface area contributed by atoms with Gasteiger partial charge in [0.25, 0.3) is 0 Å². The zero-order chi connectivity index (χ0) is 13.1. The van der Waals surface area contributed by atoms with Crippen molar-refractivity contribution in [3.63, 3.8) is 0 Å². The van der Waals surface area contributed by atoms with E-state index in [1.807, 2.05) is 0 Å². The molecule has 0 aliphatic heterocycles. The first kappa shape index (κ1) is 18.3. The largest absolute Gasteiger partial charge is 0.330 e. The topological polar surface area (TPSA) is 29.3 Å². The van der Waals surface area contributed by atoms with Crippen molar-refractivity contribution in [2.24, 2.45) is 23.5 Å². The van der Waals surface area contributed by atoms with Gasteiger partial charge in [-0.15, -0.1) is 0 Å². The van der Waals surface area contributed by atoms with E-state index in [2.05, 4.69) is 53.4 Å². The van der Waals surface area contributed by atoms with Crippen LogP contribution in [0.5, 0.6) is 0 Å². The van der Waals surface area contributed by atoms with Crippen LogP contribution in [0.25, 0.3) is 0 Å². The fourth-order valence-electron chi connectivity index (χ4n) is 1.98. The van der Waals surface area contributed by atoms with Crippen molar-refractivity contribution in [3.05, 3.63) is 0 Å². The molecule has 100 valence electrons. The second-order valence-corrected chi connectivity index (χ2v) is 5.01. The van der Waals surface area contributed by atoms with Gasteiger partial charge in [0.05, 0.1) is 0 Å². The molecule has 0 aliphatic rings. The van der Waals surface area contributed by atoms with Crippen LogP contribution >= 0.6 is 0 Å². The lowest BCUT2D eigenvalue weighted by molar-refractivity contribution is 0.297. The van der Waals surface area contributed by atoms with Crippen LogP contribution in [-0.4, -0.2) is 31.1 Å². The molecule has 0 amide bonds. The predicted molar refractivity (Wildman–Crippen MR) is 75.7 cm³/mol. The van der Waals surface area contributed by atoms with E-state index in [1.165, 1.54) is 19.6 Å². The summed E-state index contributed by atoms with van der Waals surface area (Å²) in [6, 6.07) is 0. The number of nitrogens with two attached hydrogens (primary N) is 1. The third-order valence-corrected chi connectivity index (χ3v) is 3.33. The molecule has 0 rings (SSSR count). The lowest BCUT2D eigenvalue weighted by Gasteiger charge is -2.22. The number of hydrogen-bond acceptors (Lipinski definition) is 2. The Bertz CT molecular complexity index is 115. The fourth-order valence-corrected chi connectivity index (χ4v) is 1.98. The maximum atomic E-state index is 5.57. The van der Waals surface area contributed by atoms with Gasteiger partial charge in [-0.2, -0.15) is 0 Å². The molecule has 2 N–H and O–H groups in total. The van der Waals surface area contributed by atoms with E-state index in [1.54, 1.807) is 0 Å². The van der Waals surface area contributed by atoms with E-state index in [0.717, 1.165) is 18.4 Å². The Kier molecular flexibility index (Phi) is 13.0. The highest BCUT2D eigenvalue weighted by atomic mass is 15.1. The third-order valence-electron chi connectivity index (χ3n) is 3.33. The molecule has 0 saturated heterocycles. The van der Waals surface area contributed by atoms with Gasteiger partial charge in [0.1, 0.15) is 0 Å². The zero-order valence-electron chi connectivity index (χ0n) is 12.6. The minimum atomic E-state index is 0.699. The van der Waals surface area contributed by atoms with Crippen LogP contribution in [0, 0.1) is 17.8 Å². The quantitative estimate of drug-likeness (QED) is 0.759.